The van der Waals surface area contributed by atoms with Gasteiger partial charge in [0.15, 0.2) is 0 Å². The summed E-state index contributed by atoms with van der Waals surface area (Å²) in [5, 5.41) is 4.17. The van der Waals surface area contributed by atoms with Gasteiger partial charge in [-0.25, -0.2) is 0 Å². The second-order valence-electron chi connectivity index (χ2n) is 5.77. The molecule has 0 aliphatic rings. The van der Waals surface area contributed by atoms with Gasteiger partial charge in [-0.3, -0.25) is 0 Å². The molecule has 1 atom stereocenters. The fourth-order valence-corrected chi connectivity index (χ4v) is 2.55. The Hall–Kier alpha value is -1.77. The summed E-state index contributed by atoms with van der Waals surface area (Å²) in [5.41, 5.74) is 10.3. The highest BCUT2D eigenvalue weighted by molar-refractivity contribution is 5.75. The van der Waals surface area contributed by atoms with Gasteiger partial charge in [0.05, 0.1) is 11.3 Å². The molecule has 108 valence electrons. The molecule has 1 aromatic carbocycles. The average molecular weight is 272 g/mol. The second-order valence-corrected chi connectivity index (χ2v) is 5.77. The quantitative estimate of drug-likeness (QED) is 0.837. The van der Waals surface area contributed by atoms with Crippen LogP contribution >= 0.6 is 0 Å². The summed E-state index contributed by atoms with van der Waals surface area (Å²) in [5.74, 6) is 1.31. The average Bonchev–Trinajstić information content (AvgIpc) is 2.81. The number of benzene rings is 1. The van der Waals surface area contributed by atoms with Crippen molar-refractivity contribution in [3.05, 3.63) is 35.5 Å². The zero-order valence-corrected chi connectivity index (χ0v) is 12.8. The molecule has 3 heteroatoms. The third-order valence-corrected chi connectivity index (χ3v) is 3.80. The van der Waals surface area contributed by atoms with Crippen molar-refractivity contribution >= 4 is 5.88 Å². The van der Waals surface area contributed by atoms with Crippen LogP contribution in [0.25, 0.3) is 11.1 Å². The molecule has 0 aliphatic heterocycles. The van der Waals surface area contributed by atoms with Gasteiger partial charge >= 0.3 is 0 Å². The Bertz CT molecular complexity index is 555. The van der Waals surface area contributed by atoms with E-state index >= 15 is 0 Å². The molecule has 0 saturated heterocycles. The third kappa shape index (κ3) is 2.87. The fraction of sp³-hybridized carbons (Fsp3) is 0.471. The largest absolute Gasteiger partial charge is 0.367 e. The van der Waals surface area contributed by atoms with E-state index in [1.54, 1.807) is 0 Å². The van der Waals surface area contributed by atoms with Gasteiger partial charge < -0.3 is 10.3 Å². The smallest absolute Gasteiger partial charge is 0.230 e. The van der Waals surface area contributed by atoms with Gasteiger partial charge in [0.1, 0.15) is 0 Å². The van der Waals surface area contributed by atoms with Gasteiger partial charge in [-0.05, 0) is 23.5 Å². The van der Waals surface area contributed by atoms with E-state index in [-0.39, 0.29) is 0 Å². The van der Waals surface area contributed by atoms with E-state index in [9.17, 15) is 0 Å². The van der Waals surface area contributed by atoms with Crippen LogP contribution in [0, 0.1) is 0 Å². The van der Waals surface area contributed by atoms with Crippen molar-refractivity contribution in [2.24, 2.45) is 0 Å². The van der Waals surface area contributed by atoms with E-state index in [4.69, 9.17) is 10.3 Å². The van der Waals surface area contributed by atoms with Crippen molar-refractivity contribution in [3.8, 4) is 11.1 Å². The molecule has 1 aromatic heterocycles. The summed E-state index contributed by atoms with van der Waals surface area (Å²) in [6.07, 6.45) is 2.21. The summed E-state index contributed by atoms with van der Waals surface area (Å²) in [6, 6.07) is 8.53. The monoisotopic (exact) mass is 272 g/mol. The molecule has 1 unspecified atom stereocenters. The number of nitrogens with two attached hydrogens (primary N) is 1. The Balaban J connectivity index is 2.39. The van der Waals surface area contributed by atoms with Crippen LogP contribution in [0.4, 0.5) is 5.88 Å². The molecule has 0 radical (unpaired) electrons. The molecular formula is C17H24N2O. The molecule has 0 fully saturated rings. The number of aromatic nitrogens is 1. The fourth-order valence-electron chi connectivity index (χ4n) is 2.55. The highest BCUT2D eigenvalue weighted by atomic mass is 16.5. The maximum absolute atomic E-state index is 5.98. The first-order valence-electron chi connectivity index (χ1n) is 7.40. The van der Waals surface area contributed by atoms with Crippen molar-refractivity contribution in [2.75, 3.05) is 5.73 Å². The maximum atomic E-state index is 5.98. The van der Waals surface area contributed by atoms with Crippen LogP contribution in [0.15, 0.2) is 28.8 Å². The van der Waals surface area contributed by atoms with E-state index in [0.29, 0.717) is 17.7 Å². The second kappa shape index (κ2) is 6.12. The Morgan fingerprint density at radius 2 is 1.80 bits per heavy atom. The normalized spacial score (nSPS) is 12.8. The Kier molecular flexibility index (Phi) is 4.48. The highest BCUT2D eigenvalue weighted by Crippen LogP contribution is 2.35. The van der Waals surface area contributed by atoms with E-state index in [1.165, 1.54) is 5.56 Å². The van der Waals surface area contributed by atoms with Crippen molar-refractivity contribution in [1.29, 1.82) is 0 Å². The van der Waals surface area contributed by atoms with Gasteiger partial charge in [0.25, 0.3) is 0 Å². The van der Waals surface area contributed by atoms with Crippen LogP contribution in [0.3, 0.4) is 0 Å². The molecule has 0 saturated carbocycles. The molecule has 0 bridgehead atoms. The minimum Gasteiger partial charge on any atom is -0.367 e. The molecule has 2 aromatic rings. The summed E-state index contributed by atoms with van der Waals surface area (Å²) in [4.78, 5) is 0. The van der Waals surface area contributed by atoms with E-state index < -0.39 is 0 Å². The van der Waals surface area contributed by atoms with Gasteiger partial charge in [-0.1, -0.05) is 63.5 Å². The lowest BCUT2D eigenvalue weighted by atomic mass is 9.93. The van der Waals surface area contributed by atoms with Gasteiger partial charge in [0.2, 0.25) is 5.88 Å². The first kappa shape index (κ1) is 14.6. The molecular weight excluding hydrogens is 248 g/mol. The first-order chi connectivity index (χ1) is 9.54. The van der Waals surface area contributed by atoms with Crippen LogP contribution in [0.1, 0.15) is 63.6 Å². The first-order valence-corrected chi connectivity index (χ1v) is 7.40. The molecule has 1 heterocycles. The molecule has 0 aliphatic carbocycles. The Labute approximate surface area is 121 Å². The summed E-state index contributed by atoms with van der Waals surface area (Å²) in [7, 11) is 0. The summed E-state index contributed by atoms with van der Waals surface area (Å²) >= 11 is 0. The van der Waals surface area contributed by atoms with Crippen LogP contribution in [0.2, 0.25) is 0 Å². The lowest BCUT2D eigenvalue weighted by Gasteiger charge is -2.10. The van der Waals surface area contributed by atoms with Crippen molar-refractivity contribution in [2.45, 2.75) is 52.4 Å². The zero-order chi connectivity index (χ0) is 14.7. The SMILES string of the molecule is CCCC(C)c1noc(N)c1-c1ccc(C(C)C)cc1. The number of anilines is 1. The molecule has 20 heavy (non-hydrogen) atoms. The molecule has 3 nitrogen and oxygen atoms in total. The minimum absolute atomic E-state index is 0.362. The number of nitrogens with zero attached hydrogens (tertiary/aromatic N) is 1. The van der Waals surface area contributed by atoms with E-state index in [0.717, 1.165) is 29.7 Å². The number of rotatable bonds is 5. The molecule has 2 rings (SSSR count). The van der Waals surface area contributed by atoms with Gasteiger partial charge in [-0.2, -0.15) is 0 Å². The van der Waals surface area contributed by atoms with Crippen LogP contribution in [0.5, 0.6) is 0 Å². The minimum atomic E-state index is 0.362. The van der Waals surface area contributed by atoms with Gasteiger partial charge in [0, 0.05) is 5.92 Å². The lowest BCUT2D eigenvalue weighted by Crippen LogP contribution is -1.97. The number of hydrogen-bond acceptors (Lipinski definition) is 3. The Morgan fingerprint density at radius 3 is 2.35 bits per heavy atom. The standard InChI is InChI=1S/C17H24N2O/c1-5-6-12(4)16-15(17(18)20-19-16)14-9-7-13(8-10-14)11(2)3/h7-12H,5-6,18H2,1-4H3. The number of nitrogen functional groups attached to an aromatic ring is 1. The Morgan fingerprint density at radius 1 is 1.15 bits per heavy atom. The molecule has 0 amide bonds. The lowest BCUT2D eigenvalue weighted by molar-refractivity contribution is 0.419. The zero-order valence-electron chi connectivity index (χ0n) is 12.8. The van der Waals surface area contributed by atoms with Crippen molar-refractivity contribution in [1.82, 2.24) is 5.16 Å². The van der Waals surface area contributed by atoms with Crippen molar-refractivity contribution < 1.29 is 4.52 Å². The summed E-state index contributed by atoms with van der Waals surface area (Å²) < 4.78 is 5.22. The maximum Gasteiger partial charge on any atom is 0.230 e. The number of hydrogen-bond donors (Lipinski definition) is 1. The van der Waals surface area contributed by atoms with Crippen molar-refractivity contribution in [3.63, 3.8) is 0 Å². The molecule has 0 spiro atoms. The summed E-state index contributed by atoms with van der Waals surface area (Å²) in [6.45, 7) is 8.73. The van der Waals surface area contributed by atoms with E-state index in [1.807, 2.05) is 0 Å². The van der Waals surface area contributed by atoms with Crippen LogP contribution in [-0.2, 0) is 0 Å². The highest BCUT2D eigenvalue weighted by Gasteiger charge is 2.20. The van der Waals surface area contributed by atoms with Crippen LogP contribution in [-0.4, -0.2) is 5.16 Å². The topological polar surface area (TPSA) is 52.0 Å². The molecule has 2 N–H and O–H groups in total. The van der Waals surface area contributed by atoms with E-state index in [2.05, 4.69) is 57.1 Å². The predicted molar refractivity (Wildman–Crippen MR) is 83.8 cm³/mol. The predicted octanol–water partition coefficient (Wildman–Crippen LogP) is 4.95. The van der Waals surface area contributed by atoms with Crippen LogP contribution < -0.4 is 5.73 Å². The van der Waals surface area contributed by atoms with Gasteiger partial charge in [-0.15, -0.1) is 0 Å². The third-order valence-electron chi connectivity index (χ3n) is 3.80.